The first kappa shape index (κ1) is 26.7. The maximum atomic E-state index is 12.9. The highest BCUT2D eigenvalue weighted by molar-refractivity contribution is 8.00. The summed E-state index contributed by atoms with van der Waals surface area (Å²) in [5.74, 6) is 0.365. The van der Waals surface area contributed by atoms with Crippen LogP contribution in [-0.4, -0.2) is 28.2 Å². The van der Waals surface area contributed by atoms with Gasteiger partial charge in [-0.3, -0.25) is 14.9 Å². The molecule has 4 rings (SSSR count). The van der Waals surface area contributed by atoms with Gasteiger partial charge in [0.05, 0.1) is 28.5 Å². The van der Waals surface area contributed by atoms with Crippen LogP contribution in [0.2, 0.25) is 5.02 Å². The quantitative estimate of drug-likeness (QED) is 0.144. The van der Waals surface area contributed by atoms with E-state index in [1.165, 1.54) is 24.3 Å². The number of pyridine rings is 1. The molecule has 190 valence electrons. The Bertz CT molecular complexity index is 1520. The highest BCUT2D eigenvalue weighted by Gasteiger charge is 2.22. The fraction of sp³-hybridized carbons (Fsp3) is 0.107. The molecule has 0 aliphatic heterocycles. The minimum atomic E-state index is -0.631. The average Bonchev–Trinajstić information content (AvgIpc) is 2.93. The van der Waals surface area contributed by atoms with Crippen LogP contribution < -0.4 is 10.1 Å². The van der Waals surface area contributed by atoms with Gasteiger partial charge in [0, 0.05) is 34.0 Å². The number of ether oxygens (including phenoxy) is 1. The SMILES string of the molecule is COc1ccc(-c2cc(-c3ccc(Cl)cc3)c(C#N)c(S[C@H](C)C(=O)Nc3ccc([N+](=O)[O-])cc3)n2)cc1. The molecule has 1 atom stereocenters. The van der Waals surface area contributed by atoms with Crippen LogP contribution >= 0.6 is 23.4 Å². The topological polar surface area (TPSA) is 118 Å². The van der Waals surface area contributed by atoms with Gasteiger partial charge in [-0.1, -0.05) is 35.5 Å². The number of amides is 1. The Labute approximate surface area is 228 Å². The lowest BCUT2D eigenvalue weighted by Crippen LogP contribution is -2.22. The molecule has 1 amide bonds. The second-order valence-electron chi connectivity index (χ2n) is 8.14. The first-order valence-corrected chi connectivity index (χ1v) is 12.6. The van der Waals surface area contributed by atoms with Crippen molar-refractivity contribution in [3.8, 4) is 34.2 Å². The predicted octanol–water partition coefficient (Wildman–Crippen LogP) is 6.98. The monoisotopic (exact) mass is 544 g/mol. The van der Waals surface area contributed by atoms with Gasteiger partial charge in [-0.05, 0) is 67.1 Å². The van der Waals surface area contributed by atoms with E-state index in [0.717, 1.165) is 22.9 Å². The molecule has 4 aromatic rings. The molecule has 1 aromatic heterocycles. The number of nitriles is 1. The number of thioether (sulfide) groups is 1. The molecule has 0 aliphatic rings. The van der Waals surface area contributed by atoms with E-state index in [1.807, 2.05) is 42.5 Å². The molecule has 0 saturated heterocycles. The van der Waals surface area contributed by atoms with E-state index in [-0.39, 0.29) is 11.6 Å². The molecule has 8 nitrogen and oxygen atoms in total. The van der Waals surface area contributed by atoms with E-state index >= 15 is 0 Å². The number of rotatable bonds is 8. The van der Waals surface area contributed by atoms with Crippen LogP contribution in [0.5, 0.6) is 5.75 Å². The van der Waals surface area contributed by atoms with Crippen LogP contribution in [0.1, 0.15) is 12.5 Å². The van der Waals surface area contributed by atoms with Crippen LogP contribution in [0.25, 0.3) is 22.4 Å². The molecule has 38 heavy (non-hydrogen) atoms. The summed E-state index contributed by atoms with van der Waals surface area (Å²) in [6, 6.07) is 24.2. The number of carbonyl (C=O) groups is 1. The van der Waals surface area contributed by atoms with Crippen molar-refractivity contribution in [2.75, 3.05) is 12.4 Å². The smallest absolute Gasteiger partial charge is 0.269 e. The van der Waals surface area contributed by atoms with Crippen molar-refractivity contribution in [3.05, 3.63) is 99.6 Å². The molecule has 0 unspecified atom stereocenters. The van der Waals surface area contributed by atoms with Gasteiger partial charge in [0.15, 0.2) is 0 Å². The predicted molar refractivity (Wildman–Crippen MR) is 148 cm³/mol. The van der Waals surface area contributed by atoms with Crippen LogP contribution in [0, 0.1) is 21.4 Å². The first-order chi connectivity index (χ1) is 18.3. The molecule has 0 fully saturated rings. The largest absolute Gasteiger partial charge is 0.497 e. The highest BCUT2D eigenvalue weighted by Crippen LogP contribution is 2.36. The number of halogens is 1. The van der Waals surface area contributed by atoms with Crippen molar-refractivity contribution in [1.29, 1.82) is 5.26 Å². The van der Waals surface area contributed by atoms with E-state index in [2.05, 4.69) is 11.4 Å². The minimum Gasteiger partial charge on any atom is -0.497 e. The molecule has 1 N–H and O–H groups in total. The van der Waals surface area contributed by atoms with Crippen molar-refractivity contribution < 1.29 is 14.5 Å². The lowest BCUT2D eigenvalue weighted by atomic mass is 9.99. The van der Waals surface area contributed by atoms with Crippen LogP contribution in [0.15, 0.2) is 83.9 Å². The maximum Gasteiger partial charge on any atom is 0.269 e. The van der Waals surface area contributed by atoms with Gasteiger partial charge in [0.2, 0.25) is 5.91 Å². The zero-order valence-electron chi connectivity index (χ0n) is 20.3. The third kappa shape index (κ3) is 6.11. The summed E-state index contributed by atoms with van der Waals surface area (Å²) in [6.07, 6.45) is 0. The number of nitrogens with one attached hydrogen (secondary N) is 1. The van der Waals surface area contributed by atoms with Gasteiger partial charge in [-0.15, -0.1) is 0 Å². The number of hydrogen-bond acceptors (Lipinski definition) is 7. The molecule has 0 saturated carbocycles. The molecule has 0 radical (unpaired) electrons. The summed E-state index contributed by atoms with van der Waals surface area (Å²) >= 11 is 7.24. The summed E-state index contributed by atoms with van der Waals surface area (Å²) in [5.41, 5.74) is 3.58. The van der Waals surface area contributed by atoms with E-state index in [9.17, 15) is 20.2 Å². The lowest BCUT2D eigenvalue weighted by molar-refractivity contribution is -0.384. The molecule has 0 bridgehead atoms. The van der Waals surface area contributed by atoms with Gasteiger partial charge in [0.1, 0.15) is 16.8 Å². The van der Waals surface area contributed by atoms with Gasteiger partial charge >= 0.3 is 0 Å². The number of nitro groups is 1. The van der Waals surface area contributed by atoms with E-state index < -0.39 is 10.2 Å². The van der Waals surface area contributed by atoms with E-state index in [1.54, 1.807) is 26.2 Å². The molecule has 3 aromatic carbocycles. The fourth-order valence-corrected chi connectivity index (χ4v) is 4.66. The van der Waals surface area contributed by atoms with Crippen molar-refractivity contribution in [2.45, 2.75) is 17.2 Å². The van der Waals surface area contributed by atoms with Crippen molar-refractivity contribution in [1.82, 2.24) is 4.98 Å². The van der Waals surface area contributed by atoms with Crippen LogP contribution in [0.3, 0.4) is 0 Å². The third-order valence-corrected chi connectivity index (χ3v) is 6.98. The van der Waals surface area contributed by atoms with Gasteiger partial charge in [-0.25, -0.2) is 4.98 Å². The van der Waals surface area contributed by atoms with E-state index in [0.29, 0.717) is 38.3 Å². The second-order valence-corrected chi connectivity index (χ2v) is 9.90. The molecule has 10 heteroatoms. The van der Waals surface area contributed by atoms with Crippen LogP contribution in [-0.2, 0) is 4.79 Å². The van der Waals surface area contributed by atoms with Gasteiger partial charge in [0.25, 0.3) is 5.69 Å². The Morgan fingerprint density at radius 3 is 2.29 bits per heavy atom. The Balaban J connectivity index is 1.69. The first-order valence-electron chi connectivity index (χ1n) is 11.4. The maximum absolute atomic E-state index is 12.9. The van der Waals surface area contributed by atoms with Gasteiger partial charge in [-0.2, -0.15) is 5.26 Å². The fourth-order valence-electron chi connectivity index (χ4n) is 3.61. The zero-order valence-corrected chi connectivity index (χ0v) is 21.9. The number of nitrogens with zero attached hydrogens (tertiary/aromatic N) is 3. The number of carbonyl (C=O) groups excluding carboxylic acids is 1. The molecule has 0 spiro atoms. The Morgan fingerprint density at radius 2 is 1.71 bits per heavy atom. The summed E-state index contributed by atoms with van der Waals surface area (Å²) in [7, 11) is 1.59. The number of non-ortho nitro benzene ring substituents is 1. The zero-order chi connectivity index (χ0) is 27.2. The summed E-state index contributed by atoms with van der Waals surface area (Å²) < 4.78 is 5.26. The summed E-state index contributed by atoms with van der Waals surface area (Å²) in [4.78, 5) is 28.1. The standard InChI is InChI=1S/C28H21ClN4O4S/c1-17(27(34)31-21-9-11-22(12-10-21)33(35)36)38-28-25(16-30)24(18-3-7-20(29)8-4-18)15-26(32-28)19-5-13-23(37-2)14-6-19/h3-15,17H,1-2H3,(H,31,34)/t17-/m1/s1. The summed E-state index contributed by atoms with van der Waals surface area (Å²) in [5, 5.41) is 24.1. The van der Waals surface area contributed by atoms with E-state index in [4.69, 9.17) is 21.3 Å². The highest BCUT2D eigenvalue weighted by atomic mass is 35.5. The Hall–Kier alpha value is -4.39. The minimum absolute atomic E-state index is 0.0710. The number of nitro benzene ring substituents is 1. The Kier molecular flexibility index (Phi) is 8.26. The number of aromatic nitrogens is 1. The number of hydrogen-bond donors (Lipinski definition) is 1. The number of anilines is 1. The normalized spacial score (nSPS) is 11.3. The second kappa shape index (κ2) is 11.8. The van der Waals surface area contributed by atoms with Crippen molar-refractivity contribution >= 4 is 40.6 Å². The third-order valence-electron chi connectivity index (χ3n) is 5.64. The molecular formula is C28H21ClN4O4S. The molecule has 1 heterocycles. The number of benzene rings is 3. The van der Waals surface area contributed by atoms with Crippen LogP contribution in [0.4, 0.5) is 11.4 Å². The molecular weight excluding hydrogens is 524 g/mol. The Morgan fingerprint density at radius 1 is 1.08 bits per heavy atom. The lowest BCUT2D eigenvalue weighted by Gasteiger charge is -2.16. The van der Waals surface area contributed by atoms with Crippen molar-refractivity contribution in [3.63, 3.8) is 0 Å². The number of methoxy groups -OCH3 is 1. The summed E-state index contributed by atoms with van der Waals surface area (Å²) in [6.45, 7) is 1.70. The van der Waals surface area contributed by atoms with Crippen molar-refractivity contribution in [2.24, 2.45) is 0 Å². The average molecular weight is 545 g/mol. The molecule has 0 aliphatic carbocycles. The van der Waals surface area contributed by atoms with Gasteiger partial charge < -0.3 is 10.1 Å².